The average molecular weight is 319 g/mol. The van der Waals surface area contributed by atoms with E-state index in [9.17, 15) is 4.79 Å². The van der Waals surface area contributed by atoms with Crippen LogP contribution in [-0.2, 0) is 6.42 Å². The molecule has 22 heavy (non-hydrogen) atoms. The van der Waals surface area contributed by atoms with Gasteiger partial charge in [0.05, 0.1) is 22.4 Å². The van der Waals surface area contributed by atoms with Gasteiger partial charge in [-0.2, -0.15) is 0 Å². The lowest BCUT2D eigenvalue weighted by Gasteiger charge is -2.22. The minimum Gasteiger partial charge on any atom is -0.359 e. The molecular formula is C16H21N3O2S. The highest BCUT2D eigenvalue weighted by molar-refractivity contribution is 7.13. The van der Waals surface area contributed by atoms with Crippen molar-refractivity contribution in [3.05, 3.63) is 33.1 Å². The second-order valence-corrected chi connectivity index (χ2v) is 6.88. The van der Waals surface area contributed by atoms with Crippen molar-refractivity contribution in [2.45, 2.75) is 52.5 Å². The number of hydrogen-bond donors (Lipinski definition) is 0. The van der Waals surface area contributed by atoms with Gasteiger partial charge in [-0.15, -0.1) is 11.3 Å². The molecule has 1 fully saturated rings. The first-order valence-electron chi connectivity index (χ1n) is 7.80. The topological polar surface area (TPSA) is 59.2 Å². The third-order valence-corrected chi connectivity index (χ3v) is 5.19. The zero-order chi connectivity index (χ0) is 15.7. The van der Waals surface area contributed by atoms with E-state index < -0.39 is 0 Å². The van der Waals surface area contributed by atoms with Gasteiger partial charge in [0.2, 0.25) is 0 Å². The summed E-state index contributed by atoms with van der Waals surface area (Å²) in [5.41, 5.74) is 1.70. The van der Waals surface area contributed by atoms with Crippen LogP contribution in [-0.4, -0.2) is 27.5 Å². The van der Waals surface area contributed by atoms with E-state index in [-0.39, 0.29) is 11.9 Å². The number of nitrogens with zero attached hydrogens (tertiary/aromatic N) is 3. The lowest BCUT2D eigenvalue weighted by Crippen LogP contribution is -2.30. The molecule has 0 bridgehead atoms. The van der Waals surface area contributed by atoms with Gasteiger partial charge >= 0.3 is 0 Å². The van der Waals surface area contributed by atoms with Crippen LogP contribution in [0.25, 0.3) is 0 Å². The zero-order valence-electron chi connectivity index (χ0n) is 13.3. The lowest BCUT2D eigenvalue weighted by molar-refractivity contribution is 0.0718. The Morgan fingerprint density at radius 2 is 2.32 bits per heavy atom. The second-order valence-electron chi connectivity index (χ2n) is 5.80. The summed E-state index contributed by atoms with van der Waals surface area (Å²) in [7, 11) is 0. The number of likely N-dealkylation sites (tertiary alicyclic amines) is 1. The minimum absolute atomic E-state index is 0.00447. The van der Waals surface area contributed by atoms with Crippen molar-refractivity contribution >= 4 is 17.2 Å². The zero-order valence-corrected chi connectivity index (χ0v) is 14.1. The quantitative estimate of drug-likeness (QED) is 0.862. The molecule has 0 N–H and O–H groups in total. The van der Waals surface area contributed by atoms with Crippen molar-refractivity contribution in [2.75, 3.05) is 6.54 Å². The van der Waals surface area contributed by atoms with E-state index in [1.807, 2.05) is 24.8 Å². The number of aromatic nitrogens is 2. The van der Waals surface area contributed by atoms with Crippen LogP contribution in [0.15, 0.2) is 10.6 Å². The molecule has 6 heteroatoms. The number of rotatable bonds is 4. The van der Waals surface area contributed by atoms with Crippen LogP contribution in [0.4, 0.5) is 0 Å². The molecule has 1 atom stereocenters. The Morgan fingerprint density at radius 3 is 3.00 bits per heavy atom. The van der Waals surface area contributed by atoms with Gasteiger partial charge in [0.25, 0.3) is 5.91 Å². The maximum Gasteiger partial charge on any atom is 0.266 e. The Labute approximate surface area is 134 Å². The Hall–Kier alpha value is -1.69. The maximum atomic E-state index is 12.9. The summed E-state index contributed by atoms with van der Waals surface area (Å²) < 4.78 is 5.38. The van der Waals surface area contributed by atoms with Crippen molar-refractivity contribution in [3.63, 3.8) is 0 Å². The van der Waals surface area contributed by atoms with Gasteiger partial charge in [0.15, 0.2) is 5.76 Å². The number of amides is 1. The SMILES string of the molecule is CCCc1nc(C)c(C(=O)N2CCC[C@H]2c2cc(C)no2)s1. The number of hydrogen-bond acceptors (Lipinski definition) is 5. The molecule has 3 heterocycles. The fraction of sp³-hybridized carbons (Fsp3) is 0.562. The van der Waals surface area contributed by atoms with Crippen molar-refractivity contribution in [3.8, 4) is 0 Å². The van der Waals surface area contributed by atoms with Crippen molar-refractivity contribution in [1.82, 2.24) is 15.0 Å². The van der Waals surface area contributed by atoms with E-state index in [1.165, 1.54) is 11.3 Å². The minimum atomic E-state index is 0.00447. The molecule has 0 aliphatic carbocycles. The van der Waals surface area contributed by atoms with Crippen LogP contribution in [0.5, 0.6) is 0 Å². The highest BCUT2D eigenvalue weighted by atomic mass is 32.1. The standard InChI is InChI=1S/C16H21N3O2S/c1-4-6-14-17-11(3)15(22-14)16(20)19-8-5-7-12(19)13-9-10(2)18-21-13/h9,12H,4-8H2,1-3H3/t12-/m0/s1. The van der Waals surface area contributed by atoms with Crippen LogP contribution < -0.4 is 0 Å². The van der Waals surface area contributed by atoms with Crippen molar-refractivity contribution < 1.29 is 9.32 Å². The molecule has 118 valence electrons. The summed E-state index contributed by atoms with van der Waals surface area (Å²) >= 11 is 1.53. The number of aryl methyl sites for hydroxylation is 3. The Balaban J connectivity index is 1.84. The molecule has 0 aromatic carbocycles. The third-order valence-electron chi connectivity index (χ3n) is 3.99. The van der Waals surface area contributed by atoms with Crippen LogP contribution in [0.1, 0.15) is 64.1 Å². The molecule has 1 amide bonds. The van der Waals surface area contributed by atoms with Crippen LogP contribution in [0, 0.1) is 13.8 Å². The molecule has 0 spiro atoms. The molecule has 0 radical (unpaired) electrons. The first kappa shape index (κ1) is 15.2. The second kappa shape index (κ2) is 6.20. The molecule has 2 aromatic rings. The molecule has 1 aliphatic rings. The van der Waals surface area contributed by atoms with E-state index >= 15 is 0 Å². The molecule has 1 aliphatic heterocycles. The van der Waals surface area contributed by atoms with E-state index in [2.05, 4.69) is 17.1 Å². The fourth-order valence-corrected chi connectivity index (χ4v) is 4.07. The predicted molar refractivity (Wildman–Crippen MR) is 85.1 cm³/mol. The fourth-order valence-electron chi connectivity index (χ4n) is 2.95. The van der Waals surface area contributed by atoms with E-state index in [0.29, 0.717) is 0 Å². The largest absolute Gasteiger partial charge is 0.359 e. The molecular weight excluding hydrogens is 298 g/mol. The van der Waals surface area contributed by atoms with Gasteiger partial charge in [-0.05, 0) is 39.5 Å². The average Bonchev–Trinajstić information content (AvgIpc) is 3.18. The highest BCUT2D eigenvalue weighted by Crippen LogP contribution is 2.34. The van der Waals surface area contributed by atoms with Crippen molar-refractivity contribution in [1.29, 1.82) is 0 Å². The Morgan fingerprint density at radius 1 is 1.50 bits per heavy atom. The Kier molecular flexibility index (Phi) is 4.29. The summed E-state index contributed by atoms with van der Waals surface area (Å²) in [6.45, 7) is 6.72. The number of thiazole rings is 1. The normalized spacial score (nSPS) is 18.1. The van der Waals surface area contributed by atoms with E-state index in [1.54, 1.807) is 0 Å². The van der Waals surface area contributed by atoms with Gasteiger partial charge in [0.1, 0.15) is 4.88 Å². The molecule has 1 saturated heterocycles. The summed E-state index contributed by atoms with van der Waals surface area (Å²) in [6.07, 6.45) is 3.91. The summed E-state index contributed by atoms with van der Waals surface area (Å²) in [4.78, 5) is 20.1. The first-order chi connectivity index (χ1) is 10.6. The predicted octanol–water partition coefficient (Wildman–Crippen LogP) is 3.68. The van der Waals surface area contributed by atoms with E-state index in [4.69, 9.17) is 4.52 Å². The molecule has 2 aromatic heterocycles. The molecule has 3 rings (SSSR count). The van der Waals surface area contributed by atoms with Crippen LogP contribution >= 0.6 is 11.3 Å². The molecule has 0 saturated carbocycles. The van der Waals surface area contributed by atoms with Crippen LogP contribution in [0.3, 0.4) is 0 Å². The highest BCUT2D eigenvalue weighted by Gasteiger charge is 2.34. The Bertz CT molecular complexity index is 677. The monoisotopic (exact) mass is 319 g/mol. The summed E-state index contributed by atoms with van der Waals surface area (Å²) in [5.74, 6) is 0.869. The van der Waals surface area contributed by atoms with Gasteiger partial charge in [-0.1, -0.05) is 12.1 Å². The first-order valence-corrected chi connectivity index (χ1v) is 8.62. The lowest BCUT2D eigenvalue weighted by atomic mass is 10.1. The maximum absolute atomic E-state index is 12.9. The summed E-state index contributed by atoms with van der Waals surface area (Å²) in [6, 6.07) is 1.93. The van der Waals surface area contributed by atoms with Gasteiger partial charge in [0, 0.05) is 12.6 Å². The number of carbonyl (C=O) groups excluding carboxylic acids is 1. The van der Waals surface area contributed by atoms with Crippen molar-refractivity contribution in [2.24, 2.45) is 0 Å². The van der Waals surface area contributed by atoms with Gasteiger partial charge in [-0.25, -0.2) is 4.98 Å². The summed E-state index contributed by atoms with van der Waals surface area (Å²) in [5, 5.41) is 5.00. The smallest absolute Gasteiger partial charge is 0.266 e. The third kappa shape index (κ3) is 2.79. The van der Waals surface area contributed by atoms with E-state index in [0.717, 1.165) is 59.3 Å². The van der Waals surface area contributed by atoms with Gasteiger partial charge in [-0.3, -0.25) is 4.79 Å². The molecule has 0 unspecified atom stereocenters. The molecule has 5 nitrogen and oxygen atoms in total. The van der Waals surface area contributed by atoms with Gasteiger partial charge < -0.3 is 9.42 Å². The van der Waals surface area contributed by atoms with Crippen LogP contribution in [0.2, 0.25) is 0 Å². The number of carbonyl (C=O) groups is 1.